The van der Waals surface area contributed by atoms with Gasteiger partial charge in [0.05, 0.1) is 31.2 Å². The molecule has 1 N–H and O–H groups in total. The van der Waals surface area contributed by atoms with Crippen molar-refractivity contribution in [1.29, 1.82) is 0 Å². The number of nitrogens with one attached hydrogen (secondary N) is 1. The van der Waals surface area contributed by atoms with Gasteiger partial charge in [0.15, 0.2) is 4.34 Å². The summed E-state index contributed by atoms with van der Waals surface area (Å²) < 4.78 is 3.15. The number of benzene rings is 2. The lowest BCUT2D eigenvalue weighted by Gasteiger charge is -2.04. The van der Waals surface area contributed by atoms with Crippen LogP contribution in [0.3, 0.4) is 0 Å². The zero-order valence-corrected chi connectivity index (χ0v) is 15.2. The number of anilines is 1. The van der Waals surface area contributed by atoms with E-state index < -0.39 is 0 Å². The predicted molar refractivity (Wildman–Crippen MR) is 103 cm³/mol. The van der Waals surface area contributed by atoms with Gasteiger partial charge in [-0.25, -0.2) is 9.97 Å². The van der Waals surface area contributed by atoms with E-state index in [2.05, 4.69) is 15.3 Å². The molecule has 2 heterocycles. The minimum absolute atomic E-state index is 0.0279. The maximum absolute atomic E-state index is 12.2. The predicted octanol–water partition coefficient (Wildman–Crippen LogP) is 4.95. The smallest absolute Gasteiger partial charge is 0.234 e. The van der Waals surface area contributed by atoms with Gasteiger partial charge in [-0.05, 0) is 37.3 Å². The highest BCUT2D eigenvalue weighted by molar-refractivity contribution is 8.01. The summed E-state index contributed by atoms with van der Waals surface area (Å²) in [7, 11) is 0. The third-order valence-corrected chi connectivity index (χ3v) is 6.49. The van der Waals surface area contributed by atoms with E-state index in [9.17, 15) is 4.79 Å². The van der Waals surface area contributed by atoms with Crippen molar-refractivity contribution < 1.29 is 4.79 Å². The van der Waals surface area contributed by atoms with Gasteiger partial charge in [0.2, 0.25) is 5.91 Å². The summed E-state index contributed by atoms with van der Waals surface area (Å²) in [6.45, 7) is 1.98. The highest BCUT2D eigenvalue weighted by atomic mass is 32.2. The Morgan fingerprint density at radius 1 is 1.08 bits per heavy atom. The number of aromatic nitrogens is 2. The summed E-state index contributed by atoms with van der Waals surface area (Å²) in [4.78, 5) is 21.1. The van der Waals surface area contributed by atoms with Crippen LogP contribution in [-0.2, 0) is 4.79 Å². The summed E-state index contributed by atoms with van der Waals surface area (Å²) in [6.07, 6.45) is 0. The lowest BCUT2D eigenvalue weighted by Crippen LogP contribution is -2.13. The number of nitrogens with zero attached hydrogens (tertiary/aromatic N) is 2. The first kappa shape index (κ1) is 15.6. The molecule has 4 nitrogen and oxygen atoms in total. The zero-order chi connectivity index (χ0) is 16.5. The van der Waals surface area contributed by atoms with E-state index in [1.165, 1.54) is 11.8 Å². The highest BCUT2D eigenvalue weighted by Crippen LogP contribution is 2.29. The van der Waals surface area contributed by atoms with Crippen molar-refractivity contribution in [1.82, 2.24) is 9.97 Å². The van der Waals surface area contributed by atoms with Crippen LogP contribution in [0.5, 0.6) is 0 Å². The maximum Gasteiger partial charge on any atom is 0.234 e. The number of thioether (sulfide) groups is 1. The molecule has 0 radical (unpaired) electrons. The molecule has 120 valence electrons. The number of para-hydroxylation sites is 1. The van der Waals surface area contributed by atoms with Gasteiger partial charge in [-0.2, -0.15) is 0 Å². The Morgan fingerprint density at radius 3 is 2.79 bits per heavy atom. The summed E-state index contributed by atoms with van der Waals surface area (Å²) in [5.74, 6) is 0.319. The average molecular weight is 372 g/mol. The fourth-order valence-electron chi connectivity index (χ4n) is 2.35. The number of fused-ring (bicyclic) bond motifs is 2. The molecule has 0 saturated heterocycles. The Labute approximate surface area is 151 Å². The number of rotatable bonds is 4. The van der Waals surface area contributed by atoms with Gasteiger partial charge in [-0.1, -0.05) is 23.9 Å². The fourth-order valence-corrected chi connectivity index (χ4v) is 5.09. The Morgan fingerprint density at radius 2 is 1.92 bits per heavy atom. The molecule has 0 aliphatic heterocycles. The van der Waals surface area contributed by atoms with Crippen molar-refractivity contribution >= 4 is 66.5 Å². The van der Waals surface area contributed by atoms with Crippen LogP contribution in [0.25, 0.3) is 20.4 Å². The molecule has 2 aromatic heterocycles. The number of aryl methyl sites for hydroxylation is 1. The molecule has 0 unspecified atom stereocenters. The molecule has 0 spiro atoms. The Hall–Kier alpha value is -1.96. The highest BCUT2D eigenvalue weighted by Gasteiger charge is 2.09. The van der Waals surface area contributed by atoms with E-state index >= 15 is 0 Å². The number of hydrogen-bond donors (Lipinski definition) is 1. The van der Waals surface area contributed by atoms with E-state index in [1.54, 1.807) is 22.7 Å². The van der Waals surface area contributed by atoms with Crippen LogP contribution in [0, 0.1) is 6.92 Å². The van der Waals surface area contributed by atoms with E-state index in [1.807, 2.05) is 49.4 Å². The molecular weight excluding hydrogens is 358 g/mol. The average Bonchev–Trinajstić information content (AvgIpc) is 3.14. The van der Waals surface area contributed by atoms with Crippen LogP contribution < -0.4 is 5.32 Å². The molecule has 1 amide bonds. The van der Waals surface area contributed by atoms with Crippen LogP contribution in [0.2, 0.25) is 0 Å². The summed E-state index contributed by atoms with van der Waals surface area (Å²) in [5, 5.41) is 3.97. The number of amides is 1. The molecule has 24 heavy (non-hydrogen) atoms. The first-order valence-electron chi connectivity index (χ1n) is 7.33. The molecule has 0 bridgehead atoms. The molecule has 7 heteroatoms. The molecule has 0 aliphatic rings. The van der Waals surface area contributed by atoms with Gasteiger partial charge >= 0.3 is 0 Å². The van der Waals surface area contributed by atoms with Crippen molar-refractivity contribution in [2.75, 3.05) is 11.1 Å². The second-order valence-electron chi connectivity index (χ2n) is 5.20. The van der Waals surface area contributed by atoms with Crippen molar-refractivity contribution in [3.63, 3.8) is 0 Å². The van der Waals surface area contributed by atoms with Gasteiger partial charge in [-0.15, -0.1) is 22.7 Å². The normalized spacial score (nSPS) is 11.2. The molecule has 2 aromatic carbocycles. The van der Waals surface area contributed by atoms with Gasteiger partial charge < -0.3 is 5.32 Å². The molecule has 0 fully saturated rings. The van der Waals surface area contributed by atoms with E-state index in [-0.39, 0.29) is 5.91 Å². The first-order valence-corrected chi connectivity index (χ1v) is 9.95. The van der Waals surface area contributed by atoms with Gasteiger partial charge in [0.25, 0.3) is 0 Å². The number of thiazole rings is 2. The van der Waals surface area contributed by atoms with Crippen molar-refractivity contribution in [2.24, 2.45) is 0 Å². The monoisotopic (exact) mass is 371 g/mol. The Balaban J connectivity index is 1.41. The minimum Gasteiger partial charge on any atom is -0.325 e. The molecule has 0 saturated carbocycles. The van der Waals surface area contributed by atoms with Crippen molar-refractivity contribution in [3.8, 4) is 0 Å². The quantitative estimate of drug-likeness (QED) is 0.516. The van der Waals surface area contributed by atoms with Crippen molar-refractivity contribution in [3.05, 3.63) is 47.5 Å². The van der Waals surface area contributed by atoms with Crippen LogP contribution in [-0.4, -0.2) is 21.6 Å². The lowest BCUT2D eigenvalue weighted by atomic mass is 10.3. The number of carbonyl (C=O) groups is 1. The maximum atomic E-state index is 12.2. The Bertz CT molecular complexity index is 1000. The van der Waals surface area contributed by atoms with Gasteiger partial charge in [0, 0.05) is 5.69 Å². The van der Waals surface area contributed by atoms with E-state index in [0.717, 1.165) is 35.5 Å². The van der Waals surface area contributed by atoms with Crippen LogP contribution >= 0.6 is 34.4 Å². The second-order valence-corrected chi connectivity index (χ2v) is 8.69. The summed E-state index contributed by atoms with van der Waals surface area (Å²) >= 11 is 4.71. The standard InChI is InChI=1S/C17H13N3OS3/c1-10-18-13-7-6-11(8-15(13)23-10)19-16(21)9-22-17-20-12-4-2-3-5-14(12)24-17/h2-8H,9H2,1H3,(H,19,21). The molecular formula is C17H13N3OS3. The molecule has 0 atom stereocenters. The molecule has 4 aromatic rings. The zero-order valence-electron chi connectivity index (χ0n) is 12.8. The number of hydrogen-bond acceptors (Lipinski definition) is 6. The van der Waals surface area contributed by atoms with Gasteiger partial charge in [0.1, 0.15) is 0 Å². The summed E-state index contributed by atoms with van der Waals surface area (Å²) in [6, 6.07) is 13.8. The lowest BCUT2D eigenvalue weighted by molar-refractivity contribution is -0.113. The summed E-state index contributed by atoms with van der Waals surface area (Å²) in [5.41, 5.74) is 2.76. The molecule has 0 aliphatic carbocycles. The third-order valence-electron chi connectivity index (χ3n) is 3.38. The van der Waals surface area contributed by atoms with Crippen LogP contribution in [0.15, 0.2) is 46.8 Å². The van der Waals surface area contributed by atoms with Crippen LogP contribution in [0.1, 0.15) is 5.01 Å². The van der Waals surface area contributed by atoms with Gasteiger partial charge in [-0.3, -0.25) is 4.79 Å². The second kappa shape index (κ2) is 6.51. The largest absolute Gasteiger partial charge is 0.325 e. The first-order chi connectivity index (χ1) is 11.7. The van der Waals surface area contributed by atoms with Crippen molar-refractivity contribution in [2.45, 2.75) is 11.3 Å². The van der Waals surface area contributed by atoms with E-state index in [0.29, 0.717) is 5.75 Å². The Kier molecular flexibility index (Phi) is 4.22. The topological polar surface area (TPSA) is 54.9 Å². The SMILES string of the molecule is Cc1nc2ccc(NC(=O)CSc3nc4ccccc4s3)cc2s1. The number of carbonyl (C=O) groups excluding carboxylic acids is 1. The van der Waals surface area contributed by atoms with Crippen LogP contribution in [0.4, 0.5) is 5.69 Å². The molecule has 4 rings (SSSR count). The van der Waals surface area contributed by atoms with E-state index in [4.69, 9.17) is 0 Å². The third kappa shape index (κ3) is 3.28. The fraction of sp³-hybridized carbons (Fsp3) is 0.118. The minimum atomic E-state index is -0.0279.